The van der Waals surface area contributed by atoms with Gasteiger partial charge < -0.3 is 54.7 Å². The van der Waals surface area contributed by atoms with Crippen LogP contribution in [0.25, 0.3) is 0 Å². The van der Waals surface area contributed by atoms with E-state index in [2.05, 4.69) is 10.1 Å². The van der Waals surface area contributed by atoms with Crippen molar-refractivity contribution in [1.29, 1.82) is 0 Å². The van der Waals surface area contributed by atoms with Crippen molar-refractivity contribution < 1.29 is 48.0 Å². The number of carbonyl (C=O) groups is 2. The fraction of sp³-hybridized carbons (Fsp3) is 0.744. The Labute approximate surface area is 319 Å². The predicted molar refractivity (Wildman–Crippen MR) is 201 cm³/mol. The van der Waals surface area contributed by atoms with E-state index in [0.29, 0.717) is 24.2 Å². The van der Waals surface area contributed by atoms with E-state index in [4.69, 9.17) is 44.7 Å². The molecule has 15 nitrogen and oxygen atoms in total. The van der Waals surface area contributed by atoms with Crippen molar-refractivity contribution in [3.63, 3.8) is 0 Å². The molecule has 0 radical (unpaired) electrons. The van der Waals surface area contributed by atoms with Gasteiger partial charge in [0.15, 0.2) is 11.9 Å². The zero-order chi connectivity index (χ0) is 39.5. The van der Waals surface area contributed by atoms with Gasteiger partial charge in [0.1, 0.15) is 36.4 Å². The molecule has 3 saturated heterocycles. The third-order valence-electron chi connectivity index (χ3n) is 11.6. The molecule has 0 aliphatic carbocycles. The number of hydrogen-bond acceptors (Lipinski definition) is 15. The van der Waals surface area contributed by atoms with Gasteiger partial charge in [-0.25, -0.2) is 4.99 Å². The van der Waals surface area contributed by atoms with Crippen molar-refractivity contribution in [2.24, 2.45) is 33.6 Å². The van der Waals surface area contributed by atoms with Gasteiger partial charge in [-0.1, -0.05) is 38.1 Å². The second-order valence-electron chi connectivity index (χ2n) is 16.2. The second-order valence-corrected chi connectivity index (χ2v) is 16.2. The molecular weight excluding hydrogens is 698 g/mol. The summed E-state index contributed by atoms with van der Waals surface area (Å²) < 4.78 is 38.6. The first kappa shape index (κ1) is 41.8. The van der Waals surface area contributed by atoms with Crippen molar-refractivity contribution in [3.8, 4) is 0 Å². The molecule has 3 fully saturated rings. The molecule has 4 heterocycles. The van der Waals surface area contributed by atoms with Crippen LogP contribution in [0, 0.1) is 17.8 Å². The monoisotopic (exact) mass is 759 g/mol. The Kier molecular flexibility index (Phi) is 13.3. The van der Waals surface area contributed by atoms with Gasteiger partial charge in [-0.3, -0.25) is 9.59 Å². The molecule has 54 heavy (non-hydrogen) atoms. The SMILES string of the molecule is CC[C@H]1OC(=O)[C@H](C)[C@H]2C[C@@H](OC3O[C@H](C)C[C@H](N(C)C)[C@H]3O)[C@](C)(C[C@@H](C)C(=O)[C@H](C)C3N=C(N)OC31C)OC/C(=N/OCc1cccc(N)c1)CO2. The number of Topliss-reactive ketones (excluding diaryl/α,β-unsaturated/α-hetero) is 1. The number of aliphatic hydroxyl groups is 1. The van der Waals surface area contributed by atoms with E-state index in [1.165, 1.54) is 0 Å². The van der Waals surface area contributed by atoms with Crippen molar-refractivity contribution in [1.82, 2.24) is 4.90 Å². The van der Waals surface area contributed by atoms with Crippen molar-refractivity contribution in [2.45, 2.75) is 141 Å². The van der Waals surface area contributed by atoms with Crippen LogP contribution >= 0.6 is 0 Å². The predicted octanol–water partition coefficient (Wildman–Crippen LogP) is 3.19. The maximum absolute atomic E-state index is 14.4. The third-order valence-corrected chi connectivity index (χ3v) is 11.6. The Morgan fingerprint density at radius 2 is 1.81 bits per heavy atom. The highest BCUT2D eigenvalue weighted by molar-refractivity contribution is 5.87. The molecule has 3 unspecified atom stereocenters. The Morgan fingerprint density at radius 1 is 1.07 bits per heavy atom. The standard InChI is InChI=1S/C39H61N5O10/c1-10-30-39(7)34(42-37(41)54-39)24(5)32(45)21(2)17-38(6)31(53-36-33(46)28(44(8)9)14-22(3)51-36)16-29(23(4)35(47)52-30)48-19-27(20-49-38)43-50-18-25-12-11-13-26(40)15-25/h11-13,15,21-24,28-31,33-34,36,46H,10,14,16-20,40H2,1-9H3,(H2,41,42)/b43-27+/t21-,22-,23-,24+,28+,29-,30-,31-,33-,34?,36?,38+,39?/m1/s1. The number of hydrogen-bond donors (Lipinski definition) is 3. The minimum absolute atomic E-state index is 0.0275. The number of aliphatic imine (C=N–C) groups is 1. The van der Waals surface area contributed by atoms with E-state index in [1.807, 2.05) is 58.8 Å². The highest BCUT2D eigenvalue weighted by Gasteiger charge is 2.55. The number of rotatable bonds is 7. The largest absolute Gasteiger partial charge is 0.458 e. The molecule has 5 N–H and O–H groups in total. The van der Waals surface area contributed by atoms with Crippen LogP contribution < -0.4 is 11.5 Å². The molecule has 4 aliphatic heterocycles. The smallest absolute Gasteiger partial charge is 0.311 e. The van der Waals surface area contributed by atoms with Gasteiger partial charge in [0.05, 0.1) is 43.0 Å². The molecular formula is C39H61N5O10. The highest BCUT2D eigenvalue weighted by atomic mass is 16.7. The average molecular weight is 760 g/mol. The zero-order valence-electron chi connectivity index (χ0n) is 33.2. The Bertz CT molecular complexity index is 1540. The van der Waals surface area contributed by atoms with E-state index in [9.17, 15) is 14.7 Å². The number of nitrogen functional groups attached to an aromatic ring is 1. The van der Waals surface area contributed by atoms with Crippen LogP contribution in [0.5, 0.6) is 0 Å². The Hall–Kier alpha value is -3.34. The molecule has 0 spiro atoms. The molecule has 5 rings (SSSR count). The number of likely N-dealkylation sites (N-methyl/N-ethyl adjacent to an activating group) is 1. The number of nitrogens with two attached hydrogens (primary N) is 2. The van der Waals surface area contributed by atoms with E-state index in [-0.39, 0.29) is 56.6 Å². The lowest BCUT2D eigenvalue weighted by Crippen LogP contribution is -2.58. The van der Waals surface area contributed by atoms with Crippen LogP contribution in [-0.2, 0) is 49.5 Å². The lowest BCUT2D eigenvalue weighted by atomic mass is 9.75. The van der Waals surface area contributed by atoms with Crippen LogP contribution in [0.3, 0.4) is 0 Å². The van der Waals surface area contributed by atoms with Gasteiger partial charge in [-0.05, 0) is 78.7 Å². The number of benzene rings is 1. The van der Waals surface area contributed by atoms with Crippen LogP contribution in [0.4, 0.5) is 5.69 Å². The number of oxime groups is 1. The summed E-state index contributed by atoms with van der Waals surface area (Å²) in [4.78, 5) is 40.9. The number of amidine groups is 1. The van der Waals surface area contributed by atoms with Gasteiger partial charge in [0.25, 0.3) is 6.02 Å². The molecule has 2 bridgehead atoms. The Morgan fingerprint density at radius 3 is 2.50 bits per heavy atom. The number of fused-ring (bicyclic) bond motifs is 4. The number of ether oxygens (including phenoxy) is 6. The summed E-state index contributed by atoms with van der Waals surface area (Å²) in [6.45, 7) is 13.0. The summed E-state index contributed by atoms with van der Waals surface area (Å²) >= 11 is 0. The molecule has 4 aliphatic rings. The summed E-state index contributed by atoms with van der Waals surface area (Å²) in [5, 5.41) is 16.0. The maximum atomic E-state index is 14.4. The summed E-state index contributed by atoms with van der Waals surface area (Å²) in [5.41, 5.74) is 11.6. The Balaban J connectivity index is 1.56. The fourth-order valence-electron chi connectivity index (χ4n) is 8.36. The van der Waals surface area contributed by atoms with E-state index >= 15 is 0 Å². The van der Waals surface area contributed by atoms with Crippen LogP contribution in [0.2, 0.25) is 0 Å². The minimum atomic E-state index is -1.19. The lowest BCUT2D eigenvalue weighted by molar-refractivity contribution is -0.294. The molecule has 15 heteroatoms. The normalized spacial score (nSPS) is 40.5. The summed E-state index contributed by atoms with van der Waals surface area (Å²) in [6, 6.07) is 6.31. The topological polar surface area (TPSA) is 199 Å². The van der Waals surface area contributed by atoms with Crippen molar-refractivity contribution >= 4 is 29.2 Å². The molecule has 302 valence electrons. The lowest BCUT2D eigenvalue weighted by Gasteiger charge is -2.46. The van der Waals surface area contributed by atoms with Gasteiger partial charge in [-0.2, -0.15) is 0 Å². The molecule has 1 aromatic rings. The first-order chi connectivity index (χ1) is 25.4. The molecule has 0 aromatic heterocycles. The van der Waals surface area contributed by atoms with Crippen molar-refractivity contribution in [3.05, 3.63) is 29.8 Å². The third kappa shape index (κ3) is 9.19. The number of anilines is 1. The van der Waals surface area contributed by atoms with Crippen LogP contribution in [-0.4, -0.2) is 121 Å². The minimum Gasteiger partial charge on any atom is -0.458 e. The zero-order valence-corrected chi connectivity index (χ0v) is 33.2. The first-order valence-corrected chi connectivity index (χ1v) is 19.1. The quantitative estimate of drug-likeness (QED) is 0.208. The number of nitrogens with zero attached hydrogens (tertiary/aromatic N) is 3. The molecule has 1 aromatic carbocycles. The van der Waals surface area contributed by atoms with Crippen LogP contribution in [0.15, 0.2) is 34.4 Å². The fourth-order valence-corrected chi connectivity index (χ4v) is 8.36. The van der Waals surface area contributed by atoms with Crippen LogP contribution in [0.1, 0.15) is 79.7 Å². The van der Waals surface area contributed by atoms with Crippen molar-refractivity contribution in [2.75, 3.05) is 33.0 Å². The summed E-state index contributed by atoms with van der Waals surface area (Å²) in [5.74, 6) is -2.65. The van der Waals surface area contributed by atoms with Gasteiger partial charge in [0.2, 0.25) is 0 Å². The highest BCUT2D eigenvalue weighted by Crippen LogP contribution is 2.41. The van der Waals surface area contributed by atoms with E-state index < -0.39 is 71.7 Å². The summed E-state index contributed by atoms with van der Waals surface area (Å²) in [7, 11) is 3.81. The number of cyclic esters (lactones) is 1. The molecule has 0 saturated carbocycles. The van der Waals surface area contributed by atoms with Gasteiger partial charge >= 0.3 is 5.97 Å². The first-order valence-electron chi connectivity index (χ1n) is 19.1. The average Bonchev–Trinajstić information content (AvgIpc) is 3.46. The number of esters is 1. The van der Waals surface area contributed by atoms with E-state index in [1.54, 1.807) is 32.9 Å². The number of ketones is 1. The number of carbonyl (C=O) groups excluding carboxylic acids is 2. The summed E-state index contributed by atoms with van der Waals surface area (Å²) in [6.07, 6.45) is -3.30. The molecule has 13 atom stereocenters. The molecule has 0 amide bonds. The van der Waals surface area contributed by atoms with Gasteiger partial charge in [-0.15, -0.1) is 0 Å². The maximum Gasteiger partial charge on any atom is 0.311 e. The second kappa shape index (κ2) is 17.2. The number of aliphatic hydroxyl groups excluding tert-OH is 1. The van der Waals surface area contributed by atoms with Gasteiger partial charge in [0, 0.05) is 30.0 Å². The van der Waals surface area contributed by atoms with E-state index in [0.717, 1.165) is 5.56 Å².